The quantitative estimate of drug-likeness (QED) is 0.548. The number of carbonyl (C=O) groups is 1. The maximum atomic E-state index is 13.0. The van der Waals surface area contributed by atoms with Gasteiger partial charge in [0.2, 0.25) is 5.91 Å². The molecule has 1 saturated carbocycles. The molecule has 31 heavy (non-hydrogen) atoms. The van der Waals surface area contributed by atoms with Crippen LogP contribution in [0.3, 0.4) is 0 Å². The zero-order valence-electron chi connectivity index (χ0n) is 18.0. The predicted molar refractivity (Wildman–Crippen MR) is 117 cm³/mol. The van der Waals surface area contributed by atoms with E-state index in [0.717, 1.165) is 62.1 Å². The third kappa shape index (κ3) is 6.51. The Labute approximate surface area is 183 Å². The average Bonchev–Trinajstić information content (AvgIpc) is 3.27. The van der Waals surface area contributed by atoms with Crippen molar-refractivity contribution in [1.82, 2.24) is 9.80 Å². The summed E-state index contributed by atoms with van der Waals surface area (Å²) in [7, 11) is -0.0892. The summed E-state index contributed by atoms with van der Waals surface area (Å²) in [5.74, 6) is -0.0616. The first-order chi connectivity index (χ1) is 14.7. The summed E-state index contributed by atoms with van der Waals surface area (Å²) in [5.41, 5.74) is 0.900. The van der Waals surface area contributed by atoms with E-state index in [1.54, 1.807) is 24.3 Å². The van der Waals surface area contributed by atoms with Crippen molar-refractivity contribution in [1.29, 1.82) is 0 Å². The molecule has 1 aliphatic carbocycles. The molecular formula is C23H29FN2O4S. The van der Waals surface area contributed by atoms with Gasteiger partial charge in [0.25, 0.3) is 0 Å². The van der Waals surface area contributed by atoms with Crippen LogP contribution in [0.4, 0.5) is 4.39 Å². The molecular weight excluding hydrogens is 419 g/mol. The second-order valence-corrected chi connectivity index (χ2v) is 9.73. The van der Waals surface area contributed by atoms with Crippen molar-refractivity contribution in [2.75, 3.05) is 27.2 Å². The first-order valence-corrected chi connectivity index (χ1v) is 11.9. The molecule has 1 fully saturated rings. The van der Waals surface area contributed by atoms with Crippen LogP contribution in [0.15, 0.2) is 53.4 Å². The molecule has 0 saturated heterocycles. The maximum Gasteiger partial charge on any atom is 0.339 e. The Morgan fingerprint density at radius 3 is 2.19 bits per heavy atom. The molecule has 3 rings (SSSR count). The number of amides is 1. The summed E-state index contributed by atoms with van der Waals surface area (Å²) in [4.78, 5) is 16.8. The van der Waals surface area contributed by atoms with E-state index in [1.807, 2.05) is 23.9 Å². The summed E-state index contributed by atoms with van der Waals surface area (Å²) >= 11 is 0. The van der Waals surface area contributed by atoms with Gasteiger partial charge in [0.15, 0.2) is 0 Å². The number of nitrogens with zero attached hydrogens (tertiary/aromatic N) is 2. The lowest BCUT2D eigenvalue weighted by molar-refractivity contribution is -0.136. The minimum Gasteiger partial charge on any atom is -0.379 e. The van der Waals surface area contributed by atoms with E-state index in [0.29, 0.717) is 13.1 Å². The summed E-state index contributed by atoms with van der Waals surface area (Å²) in [6, 6.07) is 11.1. The van der Waals surface area contributed by atoms with Crippen LogP contribution in [0.2, 0.25) is 0 Å². The molecule has 8 heteroatoms. The van der Waals surface area contributed by atoms with Crippen molar-refractivity contribution >= 4 is 16.0 Å². The minimum atomic E-state index is -4.05. The number of likely N-dealkylation sites (N-methyl/N-ethyl adjacent to an activating group) is 1. The number of hydrogen-bond donors (Lipinski definition) is 0. The van der Waals surface area contributed by atoms with Crippen molar-refractivity contribution in [3.8, 4) is 5.75 Å². The summed E-state index contributed by atoms with van der Waals surface area (Å²) in [6.07, 6.45) is 4.11. The van der Waals surface area contributed by atoms with Gasteiger partial charge in [-0.25, -0.2) is 4.39 Å². The molecule has 1 amide bonds. The highest BCUT2D eigenvalue weighted by atomic mass is 32.2. The lowest BCUT2D eigenvalue weighted by Gasteiger charge is -2.27. The number of rotatable bonds is 9. The molecule has 0 aromatic heterocycles. The molecule has 2 aromatic rings. The fourth-order valence-corrected chi connectivity index (χ4v) is 4.60. The lowest BCUT2D eigenvalue weighted by atomic mass is 10.1. The van der Waals surface area contributed by atoms with Crippen molar-refractivity contribution in [2.45, 2.75) is 37.1 Å². The third-order valence-electron chi connectivity index (χ3n) is 5.44. The van der Waals surface area contributed by atoms with E-state index in [4.69, 9.17) is 4.18 Å². The molecule has 0 atom stereocenters. The van der Waals surface area contributed by atoms with Gasteiger partial charge in [0.05, 0.1) is 0 Å². The van der Waals surface area contributed by atoms with E-state index in [1.165, 1.54) is 0 Å². The highest BCUT2D eigenvalue weighted by Crippen LogP contribution is 2.27. The van der Waals surface area contributed by atoms with Crippen LogP contribution >= 0.6 is 0 Å². The second-order valence-electron chi connectivity index (χ2n) is 8.18. The number of halogens is 1. The number of carbonyl (C=O) groups excluding carboxylic acids is 1. The fraction of sp³-hybridized carbons (Fsp3) is 0.435. The van der Waals surface area contributed by atoms with Gasteiger partial charge in [0.1, 0.15) is 16.5 Å². The summed E-state index contributed by atoms with van der Waals surface area (Å²) in [6.45, 7) is 1.88. The van der Waals surface area contributed by atoms with Gasteiger partial charge in [-0.2, -0.15) is 8.42 Å². The Hall–Kier alpha value is -2.45. The van der Waals surface area contributed by atoms with Crippen LogP contribution < -0.4 is 4.18 Å². The van der Waals surface area contributed by atoms with Gasteiger partial charge >= 0.3 is 10.1 Å². The summed E-state index contributed by atoms with van der Waals surface area (Å²) in [5, 5.41) is 0. The van der Waals surface area contributed by atoms with Gasteiger partial charge in [-0.3, -0.25) is 4.79 Å². The Bertz CT molecular complexity index is 970. The van der Waals surface area contributed by atoms with E-state index < -0.39 is 15.9 Å². The molecule has 168 valence electrons. The van der Waals surface area contributed by atoms with Crippen molar-refractivity contribution < 1.29 is 21.8 Å². The third-order valence-corrected chi connectivity index (χ3v) is 6.70. The van der Waals surface area contributed by atoms with Gasteiger partial charge in [-0.05, 0) is 68.9 Å². The molecule has 1 aliphatic rings. The van der Waals surface area contributed by atoms with Crippen LogP contribution in [0.1, 0.15) is 31.2 Å². The molecule has 0 bridgehead atoms. The first kappa shape index (κ1) is 23.2. The highest BCUT2D eigenvalue weighted by Gasteiger charge is 2.27. The van der Waals surface area contributed by atoms with Crippen LogP contribution in [-0.2, 0) is 21.5 Å². The molecule has 0 unspecified atom stereocenters. The Morgan fingerprint density at radius 1 is 1.00 bits per heavy atom. The van der Waals surface area contributed by atoms with E-state index in [9.17, 15) is 17.6 Å². The molecule has 6 nitrogen and oxygen atoms in total. The fourth-order valence-electron chi connectivity index (χ4n) is 3.67. The van der Waals surface area contributed by atoms with E-state index in [-0.39, 0.29) is 22.5 Å². The van der Waals surface area contributed by atoms with E-state index in [2.05, 4.69) is 0 Å². The highest BCUT2D eigenvalue weighted by molar-refractivity contribution is 7.87. The van der Waals surface area contributed by atoms with Crippen molar-refractivity contribution in [3.05, 3.63) is 59.9 Å². The smallest absolute Gasteiger partial charge is 0.339 e. The lowest BCUT2D eigenvalue weighted by Crippen LogP contribution is -2.39. The molecule has 0 aliphatic heterocycles. The van der Waals surface area contributed by atoms with Crippen molar-refractivity contribution in [3.63, 3.8) is 0 Å². The molecule has 0 N–H and O–H groups in total. The second kappa shape index (κ2) is 10.2. The first-order valence-electron chi connectivity index (χ1n) is 10.5. The topological polar surface area (TPSA) is 66.9 Å². The van der Waals surface area contributed by atoms with Crippen LogP contribution in [0.25, 0.3) is 0 Å². The maximum absolute atomic E-state index is 13.0. The normalized spacial score (nSPS) is 14.7. The van der Waals surface area contributed by atoms with Gasteiger partial charge in [0, 0.05) is 25.6 Å². The Morgan fingerprint density at radius 2 is 1.61 bits per heavy atom. The zero-order valence-corrected chi connectivity index (χ0v) is 18.8. The molecule has 0 heterocycles. The summed E-state index contributed by atoms with van der Waals surface area (Å²) < 4.78 is 42.9. The molecule has 2 aromatic carbocycles. The minimum absolute atomic E-state index is 0.102. The van der Waals surface area contributed by atoms with Crippen LogP contribution in [0.5, 0.6) is 5.75 Å². The SMILES string of the molecule is CN(C)CCN(Cc1ccc(OS(=O)(=O)c2ccc(F)cc2)cc1)C(=O)C1CCCC1. The largest absolute Gasteiger partial charge is 0.379 e. The number of hydrogen-bond acceptors (Lipinski definition) is 5. The monoisotopic (exact) mass is 448 g/mol. The van der Waals surface area contributed by atoms with E-state index >= 15 is 0 Å². The Kier molecular flexibility index (Phi) is 7.67. The molecule has 0 radical (unpaired) electrons. The Balaban J connectivity index is 1.68. The average molecular weight is 449 g/mol. The predicted octanol–water partition coefficient (Wildman–Crippen LogP) is 3.67. The van der Waals surface area contributed by atoms with Gasteiger partial charge < -0.3 is 14.0 Å². The van der Waals surface area contributed by atoms with Gasteiger partial charge in [-0.1, -0.05) is 25.0 Å². The molecule has 0 spiro atoms. The van der Waals surface area contributed by atoms with Gasteiger partial charge in [-0.15, -0.1) is 0 Å². The zero-order chi connectivity index (χ0) is 22.4. The number of benzene rings is 2. The van der Waals surface area contributed by atoms with Crippen molar-refractivity contribution in [2.24, 2.45) is 5.92 Å². The standard InChI is InChI=1S/C23H29FN2O4S/c1-25(2)15-16-26(23(27)19-5-3-4-6-19)17-18-7-11-21(12-8-18)30-31(28,29)22-13-9-20(24)10-14-22/h7-14,19H,3-6,15-17H2,1-2H3. The van der Waals surface area contributed by atoms with Crippen LogP contribution in [-0.4, -0.2) is 51.3 Å². The van der Waals surface area contributed by atoms with Crippen LogP contribution in [0, 0.1) is 11.7 Å².